The van der Waals surface area contributed by atoms with E-state index in [2.05, 4.69) is 67.8 Å². The number of unbranched alkanes of at least 4 members (excludes halogenated alkanes) is 57. The second-order valence-corrected chi connectivity index (χ2v) is 27.7. The fourth-order valence-corrected chi connectivity index (χ4v) is 12.7. The van der Waals surface area contributed by atoms with Crippen molar-refractivity contribution in [2.24, 2.45) is 0 Å². The molecule has 1 amide bonds. The first kappa shape index (κ1) is 86.8. The standard InChI is InChI=1S/C83H157NO5/c1-3-5-7-9-11-13-15-17-19-20-21-22-23-35-38-41-44-48-51-55-59-63-67-71-75-81(86)80(79-85)84-82(87)76-72-68-64-60-56-52-49-45-42-39-36-33-31-29-27-25-24-26-28-30-32-34-37-40-43-46-50-54-58-62-66-70-74-78-89-83(88)77-73-69-65-61-57-53-47-18-16-14-12-10-8-6-4-2/h12,14,18,28,30,34,37,47,80-81,85-86H,3-11,13,15-17,19-27,29,31-33,35-36,38-46,48-79H2,1-2H3,(H,84,87)/b14-12-,30-28-,37-34-,47-18-. The van der Waals surface area contributed by atoms with Crippen molar-refractivity contribution >= 4 is 11.9 Å². The van der Waals surface area contributed by atoms with Crippen molar-refractivity contribution < 1.29 is 24.5 Å². The van der Waals surface area contributed by atoms with Crippen molar-refractivity contribution in [2.45, 2.75) is 456 Å². The molecule has 0 saturated carbocycles. The van der Waals surface area contributed by atoms with E-state index in [9.17, 15) is 19.8 Å². The normalized spacial score (nSPS) is 12.7. The Morgan fingerprint density at radius 1 is 0.315 bits per heavy atom. The van der Waals surface area contributed by atoms with E-state index in [4.69, 9.17) is 4.74 Å². The van der Waals surface area contributed by atoms with E-state index < -0.39 is 12.1 Å². The lowest BCUT2D eigenvalue weighted by Gasteiger charge is -2.22. The summed E-state index contributed by atoms with van der Waals surface area (Å²) >= 11 is 0. The van der Waals surface area contributed by atoms with Gasteiger partial charge >= 0.3 is 5.97 Å². The van der Waals surface area contributed by atoms with Crippen LogP contribution < -0.4 is 5.32 Å². The minimum absolute atomic E-state index is 0.000641. The number of aliphatic hydroxyl groups is 2. The first-order chi connectivity index (χ1) is 44.0. The summed E-state index contributed by atoms with van der Waals surface area (Å²) in [6, 6.07) is -0.542. The summed E-state index contributed by atoms with van der Waals surface area (Å²) in [5, 5.41) is 23.5. The molecule has 0 radical (unpaired) electrons. The van der Waals surface area contributed by atoms with Gasteiger partial charge in [0.05, 0.1) is 25.4 Å². The Morgan fingerprint density at radius 2 is 0.562 bits per heavy atom. The van der Waals surface area contributed by atoms with Gasteiger partial charge in [0, 0.05) is 12.8 Å². The molecule has 0 aromatic heterocycles. The smallest absolute Gasteiger partial charge is 0.305 e. The van der Waals surface area contributed by atoms with Gasteiger partial charge in [-0.05, 0) is 89.9 Å². The number of carbonyl (C=O) groups is 2. The first-order valence-electron chi connectivity index (χ1n) is 40.4. The van der Waals surface area contributed by atoms with Crippen LogP contribution in [0.5, 0.6) is 0 Å². The number of hydrogen-bond donors (Lipinski definition) is 3. The maximum absolute atomic E-state index is 12.6. The zero-order chi connectivity index (χ0) is 64.2. The zero-order valence-corrected chi connectivity index (χ0v) is 60.2. The van der Waals surface area contributed by atoms with Gasteiger partial charge in [-0.3, -0.25) is 9.59 Å². The second-order valence-electron chi connectivity index (χ2n) is 27.7. The average molecular weight is 1250 g/mol. The van der Waals surface area contributed by atoms with Gasteiger partial charge < -0.3 is 20.3 Å². The number of esters is 1. The number of nitrogens with one attached hydrogen (secondary N) is 1. The van der Waals surface area contributed by atoms with E-state index in [0.717, 1.165) is 57.8 Å². The van der Waals surface area contributed by atoms with Gasteiger partial charge in [0.15, 0.2) is 0 Å². The fraction of sp³-hybridized carbons (Fsp3) is 0.880. The van der Waals surface area contributed by atoms with Gasteiger partial charge in [-0.15, -0.1) is 0 Å². The van der Waals surface area contributed by atoms with Crippen LogP contribution in [-0.4, -0.2) is 47.4 Å². The summed E-state index contributed by atoms with van der Waals surface area (Å²) in [5.74, 6) is -0.0273. The van der Waals surface area contributed by atoms with Gasteiger partial charge in [-0.2, -0.15) is 0 Å². The molecule has 0 aliphatic carbocycles. The Balaban J connectivity index is 3.39. The Kier molecular flexibility index (Phi) is 76.3. The maximum Gasteiger partial charge on any atom is 0.305 e. The summed E-state index contributed by atoms with van der Waals surface area (Å²) in [4.78, 5) is 24.7. The van der Waals surface area contributed by atoms with E-state index >= 15 is 0 Å². The van der Waals surface area contributed by atoms with Gasteiger partial charge in [-0.1, -0.05) is 390 Å². The number of allylic oxidation sites excluding steroid dienone is 8. The molecular formula is C83H157NO5. The van der Waals surface area contributed by atoms with Crippen LogP contribution in [0.4, 0.5) is 0 Å². The summed E-state index contributed by atoms with van der Waals surface area (Å²) in [7, 11) is 0. The number of carbonyl (C=O) groups excluding carboxylic acids is 2. The average Bonchev–Trinajstić information content (AvgIpc) is 3.63. The Bertz CT molecular complexity index is 1490. The lowest BCUT2D eigenvalue weighted by Crippen LogP contribution is -2.45. The number of aliphatic hydroxyl groups excluding tert-OH is 2. The number of amides is 1. The van der Waals surface area contributed by atoms with Crippen molar-refractivity contribution in [1.29, 1.82) is 0 Å². The quantitative estimate of drug-likeness (QED) is 0.0320. The van der Waals surface area contributed by atoms with Gasteiger partial charge in [0.1, 0.15) is 0 Å². The minimum atomic E-state index is -0.665. The van der Waals surface area contributed by atoms with E-state index in [1.54, 1.807) is 0 Å². The molecular weight excluding hydrogens is 1090 g/mol. The molecule has 524 valence electrons. The van der Waals surface area contributed by atoms with Crippen LogP contribution in [0.25, 0.3) is 0 Å². The van der Waals surface area contributed by atoms with Crippen molar-refractivity contribution in [2.75, 3.05) is 13.2 Å². The third-order valence-corrected chi connectivity index (χ3v) is 18.9. The van der Waals surface area contributed by atoms with Crippen LogP contribution in [0.2, 0.25) is 0 Å². The highest BCUT2D eigenvalue weighted by molar-refractivity contribution is 5.76. The van der Waals surface area contributed by atoms with Gasteiger partial charge in [-0.25, -0.2) is 0 Å². The number of hydrogen-bond acceptors (Lipinski definition) is 5. The Morgan fingerprint density at radius 3 is 0.876 bits per heavy atom. The lowest BCUT2D eigenvalue weighted by molar-refractivity contribution is -0.143. The third-order valence-electron chi connectivity index (χ3n) is 18.9. The Hall–Kier alpha value is -2.18. The molecule has 2 atom stereocenters. The zero-order valence-electron chi connectivity index (χ0n) is 60.2. The molecule has 0 fully saturated rings. The van der Waals surface area contributed by atoms with Crippen LogP contribution in [0.1, 0.15) is 444 Å². The molecule has 6 nitrogen and oxygen atoms in total. The molecule has 0 rings (SSSR count). The SMILES string of the molecule is CCCCC/C=C\C/C=C\CCCCCCCC(=O)OCCCCCCCCCCC/C=C\C/C=C\CCCCCCCCCCCCCCCCCCCC(=O)NC(CO)C(O)CCCCCCCCCCCCCCCCCCCCCCCCCC. The molecule has 3 N–H and O–H groups in total. The van der Waals surface area contributed by atoms with Crippen LogP contribution in [0.15, 0.2) is 48.6 Å². The summed E-state index contributed by atoms with van der Waals surface area (Å²) in [6.07, 6.45) is 103. The topological polar surface area (TPSA) is 95.9 Å². The monoisotopic (exact) mass is 1250 g/mol. The van der Waals surface area contributed by atoms with Crippen molar-refractivity contribution in [1.82, 2.24) is 5.32 Å². The highest BCUT2D eigenvalue weighted by Crippen LogP contribution is 2.20. The molecule has 89 heavy (non-hydrogen) atoms. The molecule has 6 heteroatoms. The molecule has 2 unspecified atom stereocenters. The van der Waals surface area contributed by atoms with Crippen molar-refractivity contribution in [3.63, 3.8) is 0 Å². The van der Waals surface area contributed by atoms with E-state index in [0.29, 0.717) is 25.9 Å². The van der Waals surface area contributed by atoms with Gasteiger partial charge in [0.2, 0.25) is 5.91 Å². The Labute approximate surface area is 556 Å². The van der Waals surface area contributed by atoms with Crippen LogP contribution in [0.3, 0.4) is 0 Å². The van der Waals surface area contributed by atoms with E-state index in [-0.39, 0.29) is 18.5 Å². The summed E-state index contributed by atoms with van der Waals surface area (Å²) in [6.45, 7) is 4.96. The maximum atomic E-state index is 12.6. The molecule has 0 aromatic carbocycles. The fourth-order valence-electron chi connectivity index (χ4n) is 12.7. The van der Waals surface area contributed by atoms with E-state index in [1.807, 2.05) is 0 Å². The number of rotatable bonds is 76. The summed E-state index contributed by atoms with van der Waals surface area (Å²) in [5.41, 5.74) is 0. The third kappa shape index (κ3) is 74.7. The molecule has 0 heterocycles. The molecule has 0 aromatic rings. The molecule has 0 bridgehead atoms. The molecule has 0 saturated heterocycles. The molecule has 0 spiro atoms. The number of ether oxygens (including phenoxy) is 1. The lowest BCUT2D eigenvalue weighted by atomic mass is 10.0. The van der Waals surface area contributed by atoms with E-state index in [1.165, 1.54) is 353 Å². The highest BCUT2D eigenvalue weighted by Gasteiger charge is 2.20. The predicted molar refractivity (Wildman–Crippen MR) is 393 cm³/mol. The second kappa shape index (κ2) is 78.3. The highest BCUT2D eigenvalue weighted by atomic mass is 16.5. The van der Waals surface area contributed by atoms with Crippen LogP contribution >= 0.6 is 0 Å². The summed E-state index contributed by atoms with van der Waals surface area (Å²) < 4.78 is 5.49. The van der Waals surface area contributed by atoms with Crippen molar-refractivity contribution in [3.05, 3.63) is 48.6 Å². The van der Waals surface area contributed by atoms with Gasteiger partial charge in [0.25, 0.3) is 0 Å². The molecule has 0 aliphatic heterocycles. The van der Waals surface area contributed by atoms with Crippen LogP contribution in [0, 0.1) is 0 Å². The largest absolute Gasteiger partial charge is 0.466 e. The van der Waals surface area contributed by atoms with Crippen molar-refractivity contribution in [3.8, 4) is 0 Å². The minimum Gasteiger partial charge on any atom is -0.466 e. The molecule has 0 aliphatic rings. The predicted octanol–water partition coefficient (Wildman–Crippen LogP) is 26.8. The first-order valence-corrected chi connectivity index (χ1v) is 40.4. The van der Waals surface area contributed by atoms with Crippen LogP contribution in [-0.2, 0) is 14.3 Å².